The Kier molecular flexibility index (Phi) is 5.69. The Morgan fingerprint density at radius 1 is 1.37 bits per heavy atom. The van der Waals surface area contributed by atoms with Gasteiger partial charge in [-0.2, -0.15) is 0 Å². The van der Waals surface area contributed by atoms with Crippen molar-refractivity contribution in [3.63, 3.8) is 0 Å². The van der Waals surface area contributed by atoms with Gasteiger partial charge in [-0.15, -0.1) is 11.8 Å². The van der Waals surface area contributed by atoms with Gasteiger partial charge >= 0.3 is 0 Å². The number of thioether (sulfide) groups is 1. The molecule has 0 aliphatic carbocycles. The first kappa shape index (κ1) is 15.4. The van der Waals surface area contributed by atoms with Crippen molar-refractivity contribution in [2.45, 2.75) is 17.9 Å². The summed E-state index contributed by atoms with van der Waals surface area (Å²) in [5.74, 6) is -0.152. The van der Waals surface area contributed by atoms with E-state index in [9.17, 15) is 9.59 Å². The van der Waals surface area contributed by atoms with Crippen LogP contribution in [0.15, 0.2) is 29.2 Å². The number of nitrogens with two attached hydrogens (primary N) is 1. The second kappa shape index (κ2) is 7.04. The van der Waals surface area contributed by atoms with Crippen LogP contribution in [0.5, 0.6) is 0 Å². The number of primary amides is 1. The maximum absolute atomic E-state index is 11.8. The second-order valence-electron chi connectivity index (χ2n) is 4.35. The zero-order valence-corrected chi connectivity index (χ0v) is 12.2. The van der Waals surface area contributed by atoms with Crippen molar-refractivity contribution >= 4 is 29.3 Å². The molecule has 0 saturated carbocycles. The van der Waals surface area contributed by atoms with E-state index in [1.807, 2.05) is 24.3 Å². The summed E-state index contributed by atoms with van der Waals surface area (Å²) >= 11 is 1.36. The molecule has 0 aliphatic heterocycles. The highest BCUT2D eigenvalue weighted by atomic mass is 32.2. The molecule has 19 heavy (non-hydrogen) atoms. The van der Waals surface area contributed by atoms with Crippen LogP contribution in [0.4, 0.5) is 5.69 Å². The van der Waals surface area contributed by atoms with Gasteiger partial charge in [0.1, 0.15) is 6.04 Å². The third kappa shape index (κ3) is 4.82. The number of rotatable bonds is 6. The summed E-state index contributed by atoms with van der Waals surface area (Å²) in [6.07, 6.45) is 0. The van der Waals surface area contributed by atoms with Crippen LogP contribution in [0.1, 0.15) is 6.92 Å². The van der Waals surface area contributed by atoms with Crippen LogP contribution < -0.4 is 11.1 Å². The van der Waals surface area contributed by atoms with E-state index < -0.39 is 0 Å². The van der Waals surface area contributed by atoms with E-state index in [2.05, 4.69) is 5.32 Å². The average Bonchev–Trinajstić information content (AvgIpc) is 2.36. The zero-order chi connectivity index (χ0) is 14.4. The van der Waals surface area contributed by atoms with Crippen molar-refractivity contribution in [1.82, 2.24) is 4.90 Å². The molecule has 3 N–H and O–H groups in total. The maximum Gasteiger partial charge on any atom is 0.244 e. The summed E-state index contributed by atoms with van der Waals surface area (Å²) in [6, 6.07) is 7.20. The standard InChI is InChI=1S/C13H19N3O2S/c1-9(13(18)16(2)3)15-10-6-4-5-7-11(10)19-8-12(14)17/h4-7,9,15H,8H2,1-3H3,(H2,14,17)/t9-/m0/s1. The van der Waals surface area contributed by atoms with Gasteiger partial charge in [0, 0.05) is 24.7 Å². The summed E-state index contributed by atoms with van der Waals surface area (Å²) in [6.45, 7) is 1.80. The predicted molar refractivity (Wildman–Crippen MR) is 78.1 cm³/mol. The summed E-state index contributed by atoms with van der Waals surface area (Å²) in [5, 5.41) is 3.15. The Hall–Kier alpha value is -1.69. The minimum Gasteiger partial charge on any atom is -0.373 e. The molecule has 1 aromatic carbocycles. The largest absolute Gasteiger partial charge is 0.373 e. The minimum atomic E-state index is -0.364. The van der Waals surface area contributed by atoms with E-state index in [4.69, 9.17) is 5.73 Å². The first-order valence-corrected chi connectivity index (χ1v) is 6.88. The van der Waals surface area contributed by atoms with Gasteiger partial charge < -0.3 is 16.0 Å². The lowest BCUT2D eigenvalue weighted by molar-refractivity contribution is -0.129. The van der Waals surface area contributed by atoms with E-state index in [-0.39, 0.29) is 23.6 Å². The Balaban J connectivity index is 2.77. The van der Waals surface area contributed by atoms with E-state index in [1.165, 1.54) is 16.7 Å². The van der Waals surface area contributed by atoms with Gasteiger partial charge in [0.2, 0.25) is 11.8 Å². The number of para-hydroxylation sites is 1. The third-order valence-corrected chi connectivity index (χ3v) is 3.54. The number of carbonyl (C=O) groups is 2. The molecule has 1 rings (SSSR count). The normalized spacial score (nSPS) is 11.7. The molecule has 0 bridgehead atoms. The van der Waals surface area contributed by atoms with Gasteiger partial charge in [0.05, 0.1) is 5.75 Å². The molecule has 6 heteroatoms. The Morgan fingerprint density at radius 3 is 2.58 bits per heavy atom. The highest BCUT2D eigenvalue weighted by Crippen LogP contribution is 2.27. The molecule has 2 amide bonds. The molecular weight excluding hydrogens is 262 g/mol. The van der Waals surface area contributed by atoms with Crippen molar-refractivity contribution in [3.8, 4) is 0 Å². The van der Waals surface area contributed by atoms with E-state index in [1.54, 1.807) is 21.0 Å². The smallest absolute Gasteiger partial charge is 0.244 e. The first-order valence-electron chi connectivity index (χ1n) is 5.89. The summed E-state index contributed by atoms with van der Waals surface area (Å²) in [5.41, 5.74) is 5.97. The van der Waals surface area contributed by atoms with Gasteiger partial charge in [-0.1, -0.05) is 12.1 Å². The molecule has 0 aliphatic rings. The molecule has 5 nitrogen and oxygen atoms in total. The van der Waals surface area contributed by atoms with E-state index >= 15 is 0 Å². The average molecular weight is 281 g/mol. The number of anilines is 1. The minimum absolute atomic E-state index is 0.00490. The number of amides is 2. The fraction of sp³-hybridized carbons (Fsp3) is 0.385. The molecule has 0 unspecified atom stereocenters. The number of nitrogens with one attached hydrogen (secondary N) is 1. The number of benzene rings is 1. The van der Waals surface area contributed by atoms with Gasteiger partial charge in [-0.05, 0) is 19.1 Å². The zero-order valence-electron chi connectivity index (χ0n) is 11.3. The summed E-state index contributed by atoms with van der Waals surface area (Å²) in [7, 11) is 3.43. The number of hydrogen-bond donors (Lipinski definition) is 2. The van der Waals surface area contributed by atoms with Crippen molar-refractivity contribution in [1.29, 1.82) is 0 Å². The highest BCUT2D eigenvalue weighted by Gasteiger charge is 2.15. The van der Waals surface area contributed by atoms with Crippen LogP contribution in [0.25, 0.3) is 0 Å². The number of carbonyl (C=O) groups excluding carboxylic acids is 2. The van der Waals surface area contributed by atoms with Crippen LogP contribution in [0.3, 0.4) is 0 Å². The van der Waals surface area contributed by atoms with E-state index in [0.717, 1.165) is 10.6 Å². The molecule has 1 aromatic rings. The Labute approximate surface area is 117 Å². The number of likely N-dealkylation sites (N-methyl/N-ethyl adjacent to an activating group) is 1. The molecule has 0 aromatic heterocycles. The molecule has 0 radical (unpaired) electrons. The van der Waals surface area contributed by atoms with E-state index in [0.29, 0.717) is 0 Å². The van der Waals surface area contributed by atoms with Crippen LogP contribution in [-0.2, 0) is 9.59 Å². The van der Waals surface area contributed by atoms with Crippen LogP contribution >= 0.6 is 11.8 Å². The lowest BCUT2D eigenvalue weighted by Gasteiger charge is -2.20. The Morgan fingerprint density at radius 2 is 2.00 bits per heavy atom. The SMILES string of the molecule is C[C@H](Nc1ccccc1SCC(N)=O)C(=O)N(C)C. The molecular formula is C13H19N3O2S. The quantitative estimate of drug-likeness (QED) is 0.767. The molecule has 104 valence electrons. The maximum atomic E-state index is 11.8. The van der Waals surface area contributed by atoms with Gasteiger partial charge in [-0.25, -0.2) is 0 Å². The second-order valence-corrected chi connectivity index (χ2v) is 5.37. The lowest BCUT2D eigenvalue weighted by atomic mass is 10.2. The molecule has 0 fully saturated rings. The third-order valence-electron chi connectivity index (χ3n) is 2.44. The lowest BCUT2D eigenvalue weighted by Crippen LogP contribution is -2.36. The highest BCUT2D eigenvalue weighted by molar-refractivity contribution is 8.00. The molecule has 0 heterocycles. The van der Waals surface area contributed by atoms with Gasteiger partial charge in [-0.3, -0.25) is 9.59 Å². The predicted octanol–water partition coefficient (Wildman–Crippen LogP) is 1.15. The molecule has 1 atom stereocenters. The molecule has 0 spiro atoms. The summed E-state index contributed by atoms with van der Waals surface area (Å²) < 4.78 is 0. The van der Waals surface area contributed by atoms with Crippen molar-refractivity contribution in [2.75, 3.05) is 25.2 Å². The van der Waals surface area contributed by atoms with Crippen LogP contribution in [0.2, 0.25) is 0 Å². The van der Waals surface area contributed by atoms with Crippen molar-refractivity contribution in [3.05, 3.63) is 24.3 Å². The summed E-state index contributed by atoms with van der Waals surface area (Å²) in [4.78, 5) is 25.1. The molecule has 0 saturated heterocycles. The van der Waals surface area contributed by atoms with Gasteiger partial charge in [0.25, 0.3) is 0 Å². The fourth-order valence-corrected chi connectivity index (χ4v) is 2.30. The van der Waals surface area contributed by atoms with Gasteiger partial charge in [0.15, 0.2) is 0 Å². The van der Waals surface area contributed by atoms with Crippen molar-refractivity contribution in [2.24, 2.45) is 5.73 Å². The van der Waals surface area contributed by atoms with Crippen LogP contribution in [0, 0.1) is 0 Å². The fourth-order valence-electron chi connectivity index (χ4n) is 1.54. The van der Waals surface area contributed by atoms with Crippen LogP contribution in [-0.4, -0.2) is 42.6 Å². The Bertz CT molecular complexity index is 463. The monoisotopic (exact) mass is 281 g/mol. The van der Waals surface area contributed by atoms with Crippen molar-refractivity contribution < 1.29 is 9.59 Å². The number of hydrogen-bond acceptors (Lipinski definition) is 4. The topological polar surface area (TPSA) is 75.4 Å². The first-order chi connectivity index (χ1) is 8.91. The number of nitrogens with zero attached hydrogens (tertiary/aromatic N) is 1.